The van der Waals surface area contributed by atoms with Crippen molar-refractivity contribution in [3.63, 3.8) is 0 Å². The number of nitrogens with two attached hydrogens (primary N) is 1. The van der Waals surface area contributed by atoms with Gasteiger partial charge < -0.3 is 5.73 Å². The Morgan fingerprint density at radius 3 is 2.80 bits per heavy atom. The van der Waals surface area contributed by atoms with E-state index in [1.54, 1.807) is 0 Å². The van der Waals surface area contributed by atoms with E-state index < -0.39 is 0 Å². The maximum absolute atomic E-state index is 5.73. The van der Waals surface area contributed by atoms with Gasteiger partial charge in [-0.15, -0.1) is 11.3 Å². The highest BCUT2D eigenvalue weighted by atomic mass is 32.1. The van der Waals surface area contributed by atoms with E-state index in [4.69, 9.17) is 5.73 Å². The second kappa shape index (κ2) is 8.81. The smallest absolute Gasteiger partial charge is 0.0330 e. The lowest BCUT2D eigenvalue weighted by Gasteiger charge is -2.23. The van der Waals surface area contributed by atoms with E-state index in [1.165, 1.54) is 56.4 Å². The molecule has 1 aromatic heterocycles. The van der Waals surface area contributed by atoms with E-state index in [0.29, 0.717) is 0 Å². The van der Waals surface area contributed by atoms with Crippen molar-refractivity contribution in [3.8, 4) is 0 Å². The van der Waals surface area contributed by atoms with E-state index in [0.717, 1.165) is 25.0 Å². The normalized spacial score (nSPS) is 16.8. The van der Waals surface area contributed by atoms with Crippen LogP contribution in [0.4, 0.5) is 0 Å². The molecule has 1 unspecified atom stereocenters. The van der Waals surface area contributed by atoms with Crippen molar-refractivity contribution in [2.24, 2.45) is 11.7 Å². The first-order valence-electron chi connectivity index (χ1n) is 8.30. The summed E-state index contributed by atoms with van der Waals surface area (Å²) in [7, 11) is 0. The Morgan fingerprint density at radius 2 is 2.20 bits per heavy atom. The van der Waals surface area contributed by atoms with Crippen molar-refractivity contribution in [3.05, 3.63) is 22.4 Å². The Bertz CT molecular complexity index is 340. The van der Waals surface area contributed by atoms with Gasteiger partial charge in [-0.05, 0) is 62.6 Å². The lowest BCUT2D eigenvalue weighted by Crippen LogP contribution is -2.26. The van der Waals surface area contributed by atoms with Gasteiger partial charge in [0, 0.05) is 17.5 Å². The van der Waals surface area contributed by atoms with Crippen molar-refractivity contribution in [2.75, 3.05) is 13.1 Å². The monoisotopic (exact) mass is 294 g/mol. The number of hydrogen-bond donors (Lipinski definition) is 1. The molecule has 0 aromatic carbocycles. The molecule has 114 valence electrons. The van der Waals surface area contributed by atoms with Crippen LogP contribution in [0.25, 0.3) is 0 Å². The maximum Gasteiger partial charge on any atom is 0.0330 e. The van der Waals surface area contributed by atoms with Crippen molar-refractivity contribution in [1.29, 1.82) is 0 Å². The summed E-state index contributed by atoms with van der Waals surface area (Å²) in [5.74, 6) is 0.854. The molecule has 2 nitrogen and oxygen atoms in total. The third-order valence-electron chi connectivity index (χ3n) is 4.33. The SMILES string of the molecule is CCCC(CCN)CCCN(Cc1cccs1)C1CC1. The van der Waals surface area contributed by atoms with Gasteiger partial charge in [-0.25, -0.2) is 0 Å². The Labute approximate surface area is 128 Å². The molecular formula is C17H30N2S. The zero-order chi connectivity index (χ0) is 14.2. The van der Waals surface area contributed by atoms with Crippen LogP contribution in [0.1, 0.15) is 56.7 Å². The molecule has 1 aliphatic rings. The highest BCUT2D eigenvalue weighted by Gasteiger charge is 2.28. The lowest BCUT2D eigenvalue weighted by molar-refractivity contribution is 0.241. The summed E-state index contributed by atoms with van der Waals surface area (Å²) in [5, 5.41) is 2.19. The standard InChI is InChI=1S/C17H30N2S/c1-2-5-15(10-11-18)6-3-12-19(16-8-9-16)14-17-7-4-13-20-17/h4,7,13,15-16H,2-3,5-6,8-12,14,18H2,1H3. The van der Waals surface area contributed by atoms with Crippen molar-refractivity contribution < 1.29 is 0 Å². The van der Waals surface area contributed by atoms with Crippen LogP contribution in [0, 0.1) is 5.92 Å². The Morgan fingerprint density at radius 1 is 1.35 bits per heavy atom. The average Bonchev–Trinajstić information content (AvgIpc) is 3.16. The van der Waals surface area contributed by atoms with Crippen LogP contribution in [-0.4, -0.2) is 24.0 Å². The molecule has 2 rings (SSSR count). The van der Waals surface area contributed by atoms with E-state index in [1.807, 2.05) is 11.3 Å². The molecule has 3 heteroatoms. The molecule has 1 aliphatic carbocycles. The van der Waals surface area contributed by atoms with Gasteiger partial charge in [0.2, 0.25) is 0 Å². The van der Waals surface area contributed by atoms with Crippen LogP contribution in [-0.2, 0) is 6.54 Å². The second-order valence-electron chi connectivity index (χ2n) is 6.16. The second-order valence-corrected chi connectivity index (χ2v) is 7.19. The van der Waals surface area contributed by atoms with E-state index in [2.05, 4.69) is 29.3 Å². The van der Waals surface area contributed by atoms with Crippen molar-refractivity contribution >= 4 is 11.3 Å². The zero-order valence-corrected chi connectivity index (χ0v) is 13.7. The molecule has 2 N–H and O–H groups in total. The summed E-state index contributed by atoms with van der Waals surface area (Å²) >= 11 is 1.89. The predicted molar refractivity (Wildman–Crippen MR) is 89.1 cm³/mol. The Kier molecular flexibility index (Phi) is 7.05. The minimum absolute atomic E-state index is 0.853. The molecule has 0 radical (unpaired) electrons. The first-order chi connectivity index (χ1) is 9.83. The average molecular weight is 295 g/mol. The topological polar surface area (TPSA) is 29.3 Å². The summed E-state index contributed by atoms with van der Waals surface area (Å²) in [6, 6.07) is 5.31. The summed E-state index contributed by atoms with van der Waals surface area (Å²) < 4.78 is 0. The zero-order valence-electron chi connectivity index (χ0n) is 12.9. The minimum Gasteiger partial charge on any atom is -0.330 e. The third-order valence-corrected chi connectivity index (χ3v) is 5.19. The quantitative estimate of drug-likeness (QED) is 0.661. The first-order valence-corrected chi connectivity index (χ1v) is 9.18. The molecule has 1 fully saturated rings. The van der Waals surface area contributed by atoms with Gasteiger partial charge in [-0.2, -0.15) is 0 Å². The van der Waals surface area contributed by atoms with Gasteiger partial charge in [0.25, 0.3) is 0 Å². The largest absolute Gasteiger partial charge is 0.330 e. The van der Waals surface area contributed by atoms with E-state index in [-0.39, 0.29) is 0 Å². The van der Waals surface area contributed by atoms with Crippen LogP contribution in [0.3, 0.4) is 0 Å². The molecule has 20 heavy (non-hydrogen) atoms. The third kappa shape index (κ3) is 5.55. The van der Waals surface area contributed by atoms with Crippen LogP contribution in [0.2, 0.25) is 0 Å². The fourth-order valence-electron chi connectivity index (χ4n) is 3.09. The van der Waals surface area contributed by atoms with Gasteiger partial charge >= 0.3 is 0 Å². The first kappa shape index (κ1) is 16.0. The number of thiophene rings is 1. The Balaban J connectivity index is 1.71. The Hall–Kier alpha value is -0.380. The van der Waals surface area contributed by atoms with Crippen molar-refractivity contribution in [1.82, 2.24) is 4.90 Å². The van der Waals surface area contributed by atoms with Crippen LogP contribution < -0.4 is 5.73 Å². The maximum atomic E-state index is 5.73. The molecule has 1 saturated carbocycles. The van der Waals surface area contributed by atoms with Gasteiger partial charge in [-0.3, -0.25) is 4.90 Å². The molecule has 1 atom stereocenters. The molecule has 0 amide bonds. The summed E-state index contributed by atoms with van der Waals surface area (Å²) in [5.41, 5.74) is 5.73. The molecule has 0 spiro atoms. The van der Waals surface area contributed by atoms with Crippen LogP contribution in [0.5, 0.6) is 0 Å². The number of hydrogen-bond acceptors (Lipinski definition) is 3. The van der Waals surface area contributed by atoms with E-state index in [9.17, 15) is 0 Å². The fraction of sp³-hybridized carbons (Fsp3) is 0.765. The van der Waals surface area contributed by atoms with Crippen LogP contribution in [0.15, 0.2) is 17.5 Å². The van der Waals surface area contributed by atoms with Gasteiger partial charge in [-0.1, -0.05) is 25.8 Å². The molecule has 1 heterocycles. The minimum atomic E-state index is 0.853. The molecule has 0 saturated heterocycles. The molecule has 1 aromatic rings. The number of rotatable bonds is 11. The van der Waals surface area contributed by atoms with Crippen LogP contribution >= 0.6 is 11.3 Å². The van der Waals surface area contributed by atoms with Gasteiger partial charge in [0.05, 0.1) is 0 Å². The highest BCUT2D eigenvalue weighted by Crippen LogP contribution is 2.30. The van der Waals surface area contributed by atoms with E-state index >= 15 is 0 Å². The summed E-state index contributed by atoms with van der Waals surface area (Å²) in [6.07, 6.45) is 9.38. The fourth-order valence-corrected chi connectivity index (χ4v) is 3.82. The summed E-state index contributed by atoms with van der Waals surface area (Å²) in [4.78, 5) is 4.22. The lowest BCUT2D eigenvalue weighted by atomic mass is 9.94. The molecule has 0 bridgehead atoms. The highest BCUT2D eigenvalue weighted by molar-refractivity contribution is 7.09. The van der Waals surface area contributed by atoms with Crippen molar-refractivity contribution in [2.45, 2.75) is 64.5 Å². The number of nitrogens with zero attached hydrogens (tertiary/aromatic N) is 1. The predicted octanol–water partition coefficient (Wildman–Crippen LogP) is 4.26. The molecular weight excluding hydrogens is 264 g/mol. The summed E-state index contributed by atoms with van der Waals surface area (Å²) in [6.45, 7) is 5.58. The molecule has 0 aliphatic heterocycles. The van der Waals surface area contributed by atoms with Gasteiger partial charge in [0.15, 0.2) is 0 Å². The van der Waals surface area contributed by atoms with Gasteiger partial charge in [0.1, 0.15) is 0 Å².